The second-order valence-electron chi connectivity index (χ2n) is 6.96. The summed E-state index contributed by atoms with van der Waals surface area (Å²) in [5, 5.41) is 0. The molecule has 0 saturated carbocycles. The molecular formula is C19H39O9P. The molecule has 0 bridgehead atoms. The summed E-state index contributed by atoms with van der Waals surface area (Å²) in [5.74, 6) is -0.271. The smallest absolute Gasteiger partial charge is 0.332 e. The van der Waals surface area contributed by atoms with Gasteiger partial charge in [-0.25, -0.2) is 0 Å². The Balaban J connectivity index is 3.40. The van der Waals surface area contributed by atoms with Crippen LogP contribution < -0.4 is 0 Å². The second-order valence-corrected chi connectivity index (χ2v) is 9.14. The summed E-state index contributed by atoms with van der Waals surface area (Å²) in [5.41, 5.74) is -0.472. The van der Waals surface area contributed by atoms with Crippen LogP contribution in [0.4, 0.5) is 0 Å². The standard InChI is InChI=1S/C19H39O9P/c1-6-26-29(21,27-7-2)17-16-25-15-14-24-13-12-23-11-10-22-9-8-18(20)28-19(3,4)5/h6-17H2,1-5H3. The molecule has 0 aliphatic carbocycles. The van der Waals surface area contributed by atoms with Gasteiger partial charge >= 0.3 is 13.6 Å². The lowest BCUT2D eigenvalue weighted by Crippen LogP contribution is -2.24. The summed E-state index contributed by atoms with van der Waals surface area (Å²) in [6, 6.07) is 0. The first-order chi connectivity index (χ1) is 13.7. The summed E-state index contributed by atoms with van der Waals surface area (Å²) in [7, 11) is -3.04. The van der Waals surface area contributed by atoms with E-state index in [0.717, 1.165) is 0 Å². The maximum Gasteiger partial charge on any atom is 0.332 e. The molecule has 174 valence electrons. The average molecular weight is 442 g/mol. The van der Waals surface area contributed by atoms with Crippen LogP contribution in [0.2, 0.25) is 0 Å². The maximum atomic E-state index is 12.2. The van der Waals surface area contributed by atoms with E-state index in [9.17, 15) is 9.36 Å². The van der Waals surface area contributed by atoms with Crippen molar-refractivity contribution in [3.63, 3.8) is 0 Å². The molecule has 0 N–H and O–H groups in total. The molecule has 0 aliphatic rings. The quantitative estimate of drug-likeness (QED) is 0.170. The summed E-state index contributed by atoms with van der Waals surface area (Å²) in [6.07, 6.45) is 0.455. The molecule has 10 heteroatoms. The van der Waals surface area contributed by atoms with Gasteiger partial charge in [-0.05, 0) is 34.6 Å². The Labute approximate surface area is 175 Å². The molecule has 0 heterocycles. The highest BCUT2D eigenvalue weighted by molar-refractivity contribution is 7.53. The van der Waals surface area contributed by atoms with Crippen LogP contribution >= 0.6 is 7.60 Å². The molecule has 0 radical (unpaired) electrons. The highest BCUT2D eigenvalue weighted by Crippen LogP contribution is 2.47. The van der Waals surface area contributed by atoms with Crippen LogP contribution in [-0.2, 0) is 42.1 Å². The molecule has 29 heavy (non-hydrogen) atoms. The minimum Gasteiger partial charge on any atom is -0.460 e. The molecule has 0 atom stereocenters. The van der Waals surface area contributed by atoms with Gasteiger partial charge in [0.15, 0.2) is 0 Å². The molecule has 0 aliphatic heterocycles. The number of hydrogen-bond donors (Lipinski definition) is 0. The molecule has 0 amide bonds. The molecule has 0 rings (SSSR count). The van der Waals surface area contributed by atoms with Crippen molar-refractivity contribution in [1.29, 1.82) is 0 Å². The first kappa shape index (κ1) is 28.5. The zero-order valence-corrected chi connectivity index (χ0v) is 19.5. The molecule has 9 nitrogen and oxygen atoms in total. The third-order valence-electron chi connectivity index (χ3n) is 3.15. The number of esters is 1. The number of ether oxygens (including phenoxy) is 5. The molecule has 0 fully saturated rings. The van der Waals surface area contributed by atoms with Crippen molar-refractivity contribution < 1.29 is 42.1 Å². The van der Waals surface area contributed by atoms with Crippen LogP contribution in [0.3, 0.4) is 0 Å². The predicted molar refractivity (Wildman–Crippen MR) is 109 cm³/mol. The third kappa shape index (κ3) is 19.2. The van der Waals surface area contributed by atoms with E-state index >= 15 is 0 Å². The van der Waals surface area contributed by atoms with Crippen molar-refractivity contribution in [2.24, 2.45) is 0 Å². The highest BCUT2D eigenvalue weighted by atomic mass is 31.2. The van der Waals surface area contributed by atoms with Crippen molar-refractivity contribution in [2.75, 3.05) is 72.2 Å². The molecule has 0 unspecified atom stereocenters. The zero-order valence-electron chi connectivity index (χ0n) is 18.6. The van der Waals surface area contributed by atoms with Gasteiger partial charge in [0.2, 0.25) is 0 Å². The van der Waals surface area contributed by atoms with E-state index in [1.165, 1.54) is 0 Å². The Hall–Kier alpha value is -0.540. The van der Waals surface area contributed by atoms with Crippen molar-refractivity contribution >= 4 is 13.6 Å². The third-order valence-corrected chi connectivity index (χ3v) is 5.18. The van der Waals surface area contributed by atoms with Crippen molar-refractivity contribution in [2.45, 2.75) is 46.6 Å². The fourth-order valence-electron chi connectivity index (χ4n) is 2.05. The van der Waals surface area contributed by atoms with E-state index in [1.807, 2.05) is 20.8 Å². The van der Waals surface area contributed by atoms with E-state index < -0.39 is 13.2 Å². The van der Waals surface area contributed by atoms with E-state index in [2.05, 4.69) is 0 Å². The first-order valence-electron chi connectivity index (χ1n) is 10.1. The van der Waals surface area contributed by atoms with Crippen molar-refractivity contribution in [3.05, 3.63) is 0 Å². The van der Waals surface area contributed by atoms with Gasteiger partial charge in [0, 0.05) is 0 Å². The molecule has 0 saturated heterocycles. The van der Waals surface area contributed by atoms with E-state index in [0.29, 0.717) is 59.5 Å². The highest BCUT2D eigenvalue weighted by Gasteiger charge is 2.22. The van der Waals surface area contributed by atoms with Crippen LogP contribution in [0.5, 0.6) is 0 Å². The lowest BCUT2D eigenvalue weighted by molar-refractivity contribution is -0.156. The molecule has 0 spiro atoms. The Kier molecular flexibility index (Phi) is 16.9. The van der Waals surface area contributed by atoms with Gasteiger partial charge in [-0.2, -0.15) is 0 Å². The average Bonchev–Trinajstić information content (AvgIpc) is 2.61. The molecular weight excluding hydrogens is 403 g/mol. The van der Waals surface area contributed by atoms with E-state index in [1.54, 1.807) is 13.8 Å². The summed E-state index contributed by atoms with van der Waals surface area (Å²) >= 11 is 0. The predicted octanol–water partition coefficient (Wildman–Crippen LogP) is 3.05. The van der Waals surface area contributed by atoms with Crippen LogP contribution in [0.1, 0.15) is 41.0 Å². The lowest BCUT2D eigenvalue weighted by atomic mass is 10.2. The summed E-state index contributed by atoms with van der Waals surface area (Å²) in [6.45, 7) is 12.9. The molecule has 0 aromatic heterocycles. The molecule has 0 aromatic rings. The van der Waals surface area contributed by atoms with Crippen LogP contribution in [-0.4, -0.2) is 83.8 Å². The van der Waals surface area contributed by atoms with Crippen molar-refractivity contribution in [1.82, 2.24) is 0 Å². The first-order valence-corrected chi connectivity index (χ1v) is 11.9. The SMILES string of the molecule is CCOP(=O)(CCOCCOCCOCCOCCC(=O)OC(C)(C)C)OCC. The largest absolute Gasteiger partial charge is 0.460 e. The number of carbonyl (C=O) groups excluding carboxylic acids is 1. The number of hydrogen-bond acceptors (Lipinski definition) is 9. The zero-order chi connectivity index (χ0) is 22.0. The Morgan fingerprint density at radius 1 is 0.724 bits per heavy atom. The number of rotatable bonds is 19. The van der Waals surface area contributed by atoms with E-state index in [4.69, 9.17) is 32.7 Å². The Morgan fingerprint density at radius 2 is 1.14 bits per heavy atom. The molecule has 0 aromatic carbocycles. The van der Waals surface area contributed by atoms with E-state index in [-0.39, 0.29) is 25.2 Å². The van der Waals surface area contributed by atoms with Gasteiger partial charge in [-0.1, -0.05) is 0 Å². The van der Waals surface area contributed by atoms with Gasteiger partial charge in [-0.15, -0.1) is 0 Å². The second kappa shape index (κ2) is 17.2. The van der Waals surface area contributed by atoms with Crippen LogP contribution in [0.15, 0.2) is 0 Å². The minimum absolute atomic E-state index is 0.227. The van der Waals surface area contributed by atoms with Crippen LogP contribution in [0, 0.1) is 0 Å². The minimum atomic E-state index is -3.04. The fraction of sp³-hybridized carbons (Fsp3) is 0.947. The van der Waals surface area contributed by atoms with Crippen molar-refractivity contribution in [3.8, 4) is 0 Å². The Morgan fingerprint density at radius 3 is 1.55 bits per heavy atom. The van der Waals surface area contributed by atoms with Gasteiger partial charge < -0.3 is 32.7 Å². The maximum absolute atomic E-state index is 12.2. The fourth-order valence-corrected chi connectivity index (χ4v) is 3.52. The monoisotopic (exact) mass is 442 g/mol. The van der Waals surface area contributed by atoms with Gasteiger partial charge in [0.25, 0.3) is 0 Å². The Bertz CT molecular complexity index is 441. The normalized spacial score (nSPS) is 12.3. The summed E-state index contributed by atoms with van der Waals surface area (Å²) < 4.78 is 49.2. The topological polar surface area (TPSA) is 98.8 Å². The van der Waals surface area contributed by atoms with Gasteiger partial charge in [0.1, 0.15) is 5.60 Å². The lowest BCUT2D eigenvalue weighted by Gasteiger charge is -2.19. The van der Waals surface area contributed by atoms with Crippen LogP contribution in [0.25, 0.3) is 0 Å². The van der Waals surface area contributed by atoms with Gasteiger partial charge in [0.05, 0.1) is 78.7 Å². The number of carbonyl (C=O) groups is 1. The summed E-state index contributed by atoms with van der Waals surface area (Å²) in [4.78, 5) is 11.5. The van der Waals surface area contributed by atoms with Gasteiger partial charge in [-0.3, -0.25) is 9.36 Å².